The number of allylic oxidation sites excluding steroid dienone is 1. The quantitative estimate of drug-likeness (QED) is 0.806. The van der Waals surface area contributed by atoms with E-state index in [1.54, 1.807) is 0 Å². The highest BCUT2D eigenvalue weighted by atomic mass is 79.9. The summed E-state index contributed by atoms with van der Waals surface area (Å²) in [5.74, 6) is 1.48. The molecule has 2 heterocycles. The number of aromatic nitrogens is 1. The molecule has 0 aromatic carbocycles. The van der Waals surface area contributed by atoms with Crippen LogP contribution in [0, 0.1) is 11.8 Å². The maximum Gasteiger partial charge on any atom is 0.124 e. The summed E-state index contributed by atoms with van der Waals surface area (Å²) in [7, 11) is 0. The molecule has 4 heteroatoms. The molecule has 3 rings (SSSR count). The first kappa shape index (κ1) is 10.8. The molecule has 2 aliphatic rings. The van der Waals surface area contributed by atoms with Gasteiger partial charge in [0, 0.05) is 12.7 Å². The first-order chi connectivity index (χ1) is 7.74. The Kier molecular flexibility index (Phi) is 2.78. The molecular formula is C12H12BrClN2. The fourth-order valence-corrected chi connectivity index (χ4v) is 2.98. The lowest BCUT2D eigenvalue weighted by Crippen LogP contribution is -2.09. The summed E-state index contributed by atoms with van der Waals surface area (Å²) < 4.78 is 0.721. The summed E-state index contributed by atoms with van der Waals surface area (Å²) in [6.07, 6.45) is 5.43. The van der Waals surface area contributed by atoms with Crippen molar-refractivity contribution in [1.29, 1.82) is 0 Å². The monoisotopic (exact) mass is 298 g/mol. The van der Waals surface area contributed by atoms with Gasteiger partial charge in [-0.1, -0.05) is 17.7 Å². The van der Waals surface area contributed by atoms with Gasteiger partial charge in [0.2, 0.25) is 0 Å². The second kappa shape index (κ2) is 4.13. The minimum absolute atomic E-state index is 0.689. The summed E-state index contributed by atoms with van der Waals surface area (Å²) in [6, 6.07) is 2.00. The van der Waals surface area contributed by atoms with E-state index in [-0.39, 0.29) is 0 Å². The predicted molar refractivity (Wildman–Crippen MR) is 69.4 cm³/mol. The van der Waals surface area contributed by atoms with Crippen LogP contribution in [0.5, 0.6) is 0 Å². The van der Waals surface area contributed by atoms with E-state index in [2.05, 4.69) is 32.3 Å². The SMILES string of the molecule is Clc1cc(C2=C[C@@H]3CNC[C@@H]3C2)cnc1Br. The van der Waals surface area contributed by atoms with Gasteiger partial charge in [0.1, 0.15) is 4.60 Å². The van der Waals surface area contributed by atoms with E-state index >= 15 is 0 Å². The summed E-state index contributed by atoms with van der Waals surface area (Å²) in [6.45, 7) is 2.26. The van der Waals surface area contributed by atoms with Crippen LogP contribution in [0.1, 0.15) is 12.0 Å². The van der Waals surface area contributed by atoms with Crippen molar-refractivity contribution in [2.75, 3.05) is 13.1 Å². The molecule has 1 aliphatic heterocycles. The van der Waals surface area contributed by atoms with Crippen LogP contribution in [0.15, 0.2) is 22.9 Å². The van der Waals surface area contributed by atoms with Gasteiger partial charge in [0.15, 0.2) is 0 Å². The fourth-order valence-electron chi connectivity index (χ4n) is 2.59. The highest BCUT2D eigenvalue weighted by Gasteiger charge is 2.31. The smallest absolute Gasteiger partial charge is 0.124 e. The fraction of sp³-hybridized carbons (Fsp3) is 0.417. The van der Waals surface area contributed by atoms with Crippen molar-refractivity contribution in [3.05, 3.63) is 33.5 Å². The van der Waals surface area contributed by atoms with Gasteiger partial charge in [-0.15, -0.1) is 0 Å². The van der Waals surface area contributed by atoms with Gasteiger partial charge in [0.25, 0.3) is 0 Å². The third-order valence-electron chi connectivity index (χ3n) is 3.46. The topological polar surface area (TPSA) is 24.9 Å². The summed E-state index contributed by atoms with van der Waals surface area (Å²) in [5.41, 5.74) is 2.57. The lowest BCUT2D eigenvalue weighted by molar-refractivity contribution is 0.536. The number of nitrogens with zero attached hydrogens (tertiary/aromatic N) is 1. The Morgan fingerprint density at radius 2 is 2.31 bits per heavy atom. The van der Waals surface area contributed by atoms with E-state index in [1.807, 2.05) is 12.3 Å². The highest BCUT2D eigenvalue weighted by molar-refractivity contribution is 9.10. The number of hydrogen-bond acceptors (Lipinski definition) is 2. The van der Waals surface area contributed by atoms with Gasteiger partial charge in [-0.25, -0.2) is 4.98 Å². The van der Waals surface area contributed by atoms with Gasteiger partial charge in [-0.3, -0.25) is 0 Å². The Hall–Kier alpha value is -0.380. The Balaban J connectivity index is 1.90. The molecule has 1 aliphatic carbocycles. The maximum atomic E-state index is 6.06. The predicted octanol–water partition coefficient (Wildman–Crippen LogP) is 3.12. The van der Waals surface area contributed by atoms with Gasteiger partial charge >= 0.3 is 0 Å². The minimum Gasteiger partial charge on any atom is -0.316 e. The van der Waals surface area contributed by atoms with Crippen LogP contribution >= 0.6 is 27.5 Å². The number of rotatable bonds is 1. The third kappa shape index (κ3) is 1.81. The first-order valence-corrected chi connectivity index (χ1v) is 6.64. The zero-order valence-corrected chi connectivity index (χ0v) is 11.1. The van der Waals surface area contributed by atoms with Crippen LogP contribution < -0.4 is 5.32 Å². The van der Waals surface area contributed by atoms with Crippen LogP contribution in [-0.4, -0.2) is 18.1 Å². The molecule has 0 saturated carbocycles. The van der Waals surface area contributed by atoms with Crippen molar-refractivity contribution < 1.29 is 0 Å². The van der Waals surface area contributed by atoms with Gasteiger partial charge in [0.05, 0.1) is 5.02 Å². The number of nitrogens with one attached hydrogen (secondary N) is 1. The van der Waals surface area contributed by atoms with E-state index in [0.717, 1.165) is 30.0 Å². The van der Waals surface area contributed by atoms with Crippen molar-refractivity contribution in [3.8, 4) is 0 Å². The first-order valence-electron chi connectivity index (χ1n) is 5.47. The molecule has 2 nitrogen and oxygen atoms in total. The van der Waals surface area contributed by atoms with Crippen LogP contribution in [0.4, 0.5) is 0 Å². The van der Waals surface area contributed by atoms with E-state index in [4.69, 9.17) is 11.6 Å². The molecular weight excluding hydrogens is 288 g/mol. The Morgan fingerprint density at radius 1 is 1.44 bits per heavy atom. The van der Waals surface area contributed by atoms with Crippen LogP contribution in [-0.2, 0) is 0 Å². The summed E-state index contributed by atoms with van der Waals surface area (Å²) in [4.78, 5) is 4.25. The van der Waals surface area contributed by atoms with Crippen LogP contribution in [0.3, 0.4) is 0 Å². The molecule has 0 radical (unpaired) electrons. The maximum absolute atomic E-state index is 6.06. The van der Waals surface area contributed by atoms with Crippen molar-refractivity contribution >= 4 is 33.1 Å². The molecule has 16 heavy (non-hydrogen) atoms. The molecule has 0 bridgehead atoms. The van der Waals surface area contributed by atoms with Crippen LogP contribution in [0.2, 0.25) is 5.02 Å². The zero-order valence-electron chi connectivity index (χ0n) is 8.71. The standard InChI is InChI=1S/C12H12BrClN2/c13-12-11(14)3-10(6-16-12)7-1-8-4-15-5-9(8)2-7/h1,3,6,8-9,15H,2,4-5H2/t8-,9+/m1/s1. The second-order valence-corrected chi connectivity index (χ2v) is 5.63. The Bertz CT molecular complexity index is 458. The Morgan fingerprint density at radius 3 is 3.06 bits per heavy atom. The van der Waals surface area contributed by atoms with E-state index in [9.17, 15) is 0 Å². The zero-order chi connectivity index (χ0) is 11.1. The molecule has 2 atom stereocenters. The number of fused-ring (bicyclic) bond motifs is 1. The van der Waals surface area contributed by atoms with Crippen molar-refractivity contribution in [3.63, 3.8) is 0 Å². The molecule has 0 amide bonds. The van der Waals surface area contributed by atoms with Crippen molar-refractivity contribution in [2.24, 2.45) is 11.8 Å². The van der Waals surface area contributed by atoms with E-state index < -0.39 is 0 Å². The molecule has 0 spiro atoms. The van der Waals surface area contributed by atoms with Crippen molar-refractivity contribution in [1.82, 2.24) is 10.3 Å². The molecule has 1 saturated heterocycles. The Labute approximate surface area is 108 Å². The molecule has 84 valence electrons. The van der Waals surface area contributed by atoms with Crippen LogP contribution in [0.25, 0.3) is 5.57 Å². The summed E-state index contributed by atoms with van der Waals surface area (Å²) >= 11 is 9.38. The average Bonchev–Trinajstić information content (AvgIpc) is 2.81. The average molecular weight is 300 g/mol. The molecule has 0 unspecified atom stereocenters. The third-order valence-corrected chi connectivity index (χ3v) is 4.60. The molecule has 1 N–H and O–H groups in total. The van der Waals surface area contributed by atoms with Gasteiger partial charge < -0.3 is 5.32 Å². The normalized spacial score (nSPS) is 28.0. The lowest BCUT2D eigenvalue weighted by atomic mass is 9.99. The largest absolute Gasteiger partial charge is 0.316 e. The summed E-state index contributed by atoms with van der Waals surface area (Å²) in [5, 5.41) is 4.11. The number of halogens is 2. The highest BCUT2D eigenvalue weighted by Crippen LogP contribution is 2.38. The molecule has 1 aromatic heterocycles. The second-order valence-electron chi connectivity index (χ2n) is 4.47. The van der Waals surface area contributed by atoms with E-state index in [1.165, 1.54) is 11.1 Å². The van der Waals surface area contributed by atoms with E-state index in [0.29, 0.717) is 10.9 Å². The molecule has 1 aromatic rings. The number of hydrogen-bond donors (Lipinski definition) is 1. The minimum atomic E-state index is 0.689. The molecule has 1 fully saturated rings. The lowest BCUT2D eigenvalue weighted by Gasteiger charge is -2.07. The van der Waals surface area contributed by atoms with Gasteiger partial charge in [-0.2, -0.15) is 0 Å². The number of pyridine rings is 1. The van der Waals surface area contributed by atoms with Crippen molar-refractivity contribution in [2.45, 2.75) is 6.42 Å². The van der Waals surface area contributed by atoms with Gasteiger partial charge in [-0.05, 0) is 57.9 Å².